The maximum Gasteiger partial charge on any atom is 0.218 e. The van der Waals surface area contributed by atoms with Gasteiger partial charge in [-0.25, -0.2) is 4.68 Å². The maximum atomic E-state index is 5.87. The molecule has 0 saturated carbocycles. The molecule has 5 nitrogen and oxygen atoms in total. The summed E-state index contributed by atoms with van der Waals surface area (Å²) in [5.41, 5.74) is 11.4. The molecule has 1 aromatic rings. The van der Waals surface area contributed by atoms with Crippen LogP contribution in [-0.4, -0.2) is 14.8 Å². The highest BCUT2D eigenvalue weighted by Crippen LogP contribution is 2.13. The second-order valence-corrected chi connectivity index (χ2v) is 3.20. The zero-order valence-electron chi connectivity index (χ0n) is 8.20. The molecule has 0 saturated heterocycles. The minimum absolute atomic E-state index is 0.0801. The topological polar surface area (TPSA) is 82.7 Å². The summed E-state index contributed by atoms with van der Waals surface area (Å²) in [6.45, 7) is 2.13. The first kappa shape index (κ1) is 9.98. The zero-order chi connectivity index (χ0) is 9.84. The second kappa shape index (κ2) is 4.23. The third kappa shape index (κ3) is 2.42. The Morgan fingerprint density at radius 1 is 1.54 bits per heavy atom. The van der Waals surface area contributed by atoms with Gasteiger partial charge in [0.2, 0.25) is 5.95 Å². The van der Waals surface area contributed by atoms with E-state index in [2.05, 4.69) is 17.0 Å². The fraction of sp³-hybridized carbons (Fsp3) is 0.750. The number of nitrogens with zero attached hydrogens (tertiary/aromatic N) is 3. The number of rotatable bonds is 4. The summed E-state index contributed by atoms with van der Waals surface area (Å²) in [6, 6.07) is -0.0801. The van der Waals surface area contributed by atoms with E-state index in [0.29, 0.717) is 11.8 Å². The predicted molar refractivity (Wildman–Crippen MR) is 51.9 cm³/mol. The van der Waals surface area contributed by atoms with Gasteiger partial charge in [0.1, 0.15) is 0 Å². The van der Waals surface area contributed by atoms with E-state index in [-0.39, 0.29) is 6.04 Å². The molecule has 0 aliphatic carbocycles. The second-order valence-electron chi connectivity index (χ2n) is 3.20. The van der Waals surface area contributed by atoms with Gasteiger partial charge in [-0.3, -0.25) is 0 Å². The molecule has 0 aliphatic rings. The van der Waals surface area contributed by atoms with Gasteiger partial charge < -0.3 is 11.5 Å². The molecule has 5 heteroatoms. The Hall–Kier alpha value is -1.10. The van der Waals surface area contributed by atoms with Crippen LogP contribution in [0.25, 0.3) is 0 Å². The molecular weight excluding hydrogens is 166 g/mol. The Labute approximate surface area is 78.1 Å². The van der Waals surface area contributed by atoms with Gasteiger partial charge in [0.15, 0.2) is 5.82 Å². The minimum Gasteiger partial charge on any atom is -0.368 e. The van der Waals surface area contributed by atoms with Crippen LogP contribution in [0.2, 0.25) is 0 Å². The molecule has 0 bridgehead atoms. The van der Waals surface area contributed by atoms with Gasteiger partial charge in [-0.1, -0.05) is 19.8 Å². The summed E-state index contributed by atoms with van der Waals surface area (Å²) in [5.74, 6) is 1.07. The van der Waals surface area contributed by atoms with E-state index in [9.17, 15) is 0 Å². The SMILES string of the molecule is CCCC[C@H](N)c1nc(N)n(C)n1. The van der Waals surface area contributed by atoms with Crippen molar-refractivity contribution in [1.29, 1.82) is 0 Å². The van der Waals surface area contributed by atoms with Crippen molar-refractivity contribution in [3.8, 4) is 0 Å². The molecular formula is C8H17N5. The number of aromatic nitrogens is 3. The van der Waals surface area contributed by atoms with Crippen molar-refractivity contribution < 1.29 is 0 Å². The van der Waals surface area contributed by atoms with E-state index in [4.69, 9.17) is 11.5 Å². The van der Waals surface area contributed by atoms with E-state index >= 15 is 0 Å². The lowest BCUT2D eigenvalue weighted by Gasteiger charge is -2.04. The van der Waals surface area contributed by atoms with Crippen LogP contribution in [-0.2, 0) is 7.05 Å². The highest BCUT2D eigenvalue weighted by atomic mass is 15.4. The van der Waals surface area contributed by atoms with E-state index in [0.717, 1.165) is 19.3 Å². The molecule has 0 unspecified atom stereocenters. The van der Waals surface area contributed by atoms with Gasteiger partial charge in [-0.15, -0.1) is 0 Å². The van der Waals surface area contributed by atoms with Gasteiger partial charge in [-0.05, 0) is 6.42 Å². The average Bonchev–Trinajstić information content (AvgIpc) is 2.43. The molecule has 0 aliphatic heterocycles. The summed E-state index contributed by atoms with van der Waals surface area (Å²) >= 11 is 0. The number of aryl methyl sites for hydroxylation is 1. The number of nitrogens with two attached hydrogens (primary N) is 2. The van der Waals surface area contributed by atoms with Crippen molar-refractivity contribution in [2.24, 2.45) is 12.8 Å². The van der Waals surface area contributed by atoms with Crippen LogP contribution >= 0.6 is 0 Å². The highest BCUT2D eigenvalue weighted by Gasteiger charge is 2.11. The molecule has 1 heterocycles. The van der Waals surface area contributed by atoms with Gasteiger partial charge >= 0.3 is 0 Å². The van der Waals surface area contributed by atoms with Crippen molar-refractivity contribution in [1.82, 2.24) is 14.8 Å². The van der Waals surface area contributed by atoms with E-state index < -0.39 is 0 Å². The predicted octanol–water partition coefficient (Wildman–Crippen LogP) is 0.587. The van der Waals surface area contributed by atoms with Gasteiger partial charge in [0.25, 0.3) is 0 Å². The van der Waals surface area contributed by atoms with E-state index in [1.54, 1.807) is 11.7 Å². The molecule has 1 atom stereocenters. The monoisotopic (exact) mass is 183 g/mol. The summed E-state index contributed by atoms with van der Waals surface area (Å²) in [6.07, 6.45) is 3.15. The Morgan fingerprint density at radius 3 is 2.69 bits per heavy atom. The molecule has 0 spiro atoms. The number of unbranched alkanes of at least 4 members (excludes halogenated alkanes) is 1. The van der Waals surface area contributed by atoms with Crippen LogP contribution in [0.3, 0.4) is 0 Å². The first-order chi connectivity index (χ1) is 6.15. The van der Waals surface area contributed by atoms with Crippen molar-refractivity contribution in [2.75, 3.05) is 5.73 Å². The van der Waals surface area contributed by atoms with Crippen LogP contribution in [0.4, 0.5) is 5.95 Å². The Balaban J connectivity index is 2.60. The molecule has 0 radical (unpaired) electrons. The maximum absolute atomic E-state index is 5.87. The number of hydrogen-bond donors (Lipinski definition) is 2. The van der Waals surface area contributed by atoms with Gasteiger partial charge in [-0.2, -0.15) is 10.1 Å². The van der Waals surface area contributed by atoms with Gasteiger partial charge in [0.05, 0.1) is 6.04 Å². The molecule has 4 N–H and O–H groups in total. The molecule has 0 fully saturated rings. The van der Waals surface area contributed by atoms with Crippen LogP contribution < -0.4 is 11.5 Å². The summed E-state index contributed by atoms with van der Waals surface area (Å²) in [5, 5.41) is 4.12. The largest absolute Gasteiger partial charge is 0.368 e. The smallest absolute Gasteiger partial charge is 0.218 e. The zero-order valence-corrected chi connectivity index (χ0v) is 8.20. The molecule has 0 amide bonds. The fourth-order valence-corrected chi connectivity index (χ4v) is 1.13. The Morgan fingerprint density at radius 2 is 2.23 bits per heavy atom. The first-order valence-corrected chi connectivity index (χ1v) is 4.57. The summed E-state index contributed by atoms with van der Waals surface area (Å²) < 4.78 is 1.54. The van der Waals surface area contributed by atoms with E-state index in [1.165, 1.54) is 0 Å². The summed E-state index contributed by atoms with van der Waals surface area (Å²) in [7, 11) is 1.76. The van der Waals surface area contributed by atoms with Crippen LogP contribution in [0, 0.1) is 0 Å². The van der Waals surface area contributed by atoms with Gasteiger partial charge in [0, 0.05) is 7.05 Å². The molecule has 74 valence electrons. The van der Waals surface area contributed by atoms with Crippen LogP contribution in [0.5, 0.6) is 0 Å². The number of hydrogen-bond acceptors (Lipinski definition) is 4. The lowest BCUT2D eigenvalue weighted by Crippen LogP contribution is -2.12. The van der Waals surface area contributed by atoms with E-state index in [1.807, 2.05) is 0 Å². The Kier molecular flexibility index (Phi) is 3.25. The van der Waals surface area contributed by atoms with Crippen LogP contribution in [0.15, 0.2) is 0 Å². The first-order valence-electron chi connectivity index (χ1n) is 4.57. The minimum atomic E-state index is -0.0801. The number of anilines is 1. The van der Waals surface area contributed by atoms with Crippen molar-refractivity contribution in [2.45, 2.75) is 32.2 Å². The third-order valence-electron chi connectivity index (χ3n) is 2.01. The molecule has 0 aromatic carbocycles. The highest BCUT2D eigenvalue weighted by molar-refractivity contribution is 5.16. The molecule has 1 aromatic heterocycles. The van der Waals surface area contributed by atoms with Crippen molar-refractivity contribution >= 4 is 5.95 Å². The van der Waals surface area contributed by atoms with Crippen LogP contribution in [0.1, 0.15) is 38.1 Å². The normalized spacial score (nSPS) is 13.2. The fourth-order valence-electron chi connectivity index (χ4n) is 1.13. The number of nitrogen functional groups attached to an aromatic ring is 1. The summed E-state index contributed by atoms with van der Waals surface area (Å²) in [4.78, 5) is 4.07. The van der Waals surface area contributed by atoms with Crippen molar-refractivity contribution in [3.05, 3.63) is 5.82 Å². The molecule has 13 heavy (non-hydrogen) atoms. The standard InChI is InChI=1S/C8H17N5/c1-3-4-5-6(9)7-11-8(10)13(2)12-7/h6H,3-5,9H2,1-2H3,(H2,10,11,12)/t6-/m0/s1. The average molecular weight is 183 g/mol. The lowest BCUT2D eigenvalue weighted by atomic mass is 10.1. The molecule has 1 rings (SSSR count). The quantitative estimate of drug-likeness (QED) is 0.715. The third-order valence-corrected chi connectivity index (χ3v) is 2.01. The van der Waals surface area contributed by atoms with Crippen molar-refractivity contribution in [3.63, 3.8) is 0 Å². The lowest BCUT2D eigenvalue weighted by molar-refractivity contribution is 0.569. The Bertz CT molecular complexity index is 248.